The van der Waals surface area contributed by atoms with Crippen LogP contribution in [0.25, 0.3) is 5.69 Å². The summed E-state index contributed by atoms with van der Waals surface area (Å²) < 4.78 is 7.40. The van der Waals surface area contributed by atoms with Gasteiger partial charge in [0.1, 0.15) is 17.6 Å². The monoisotopic (exact) mass is 586 g/mol. The van der Waals surface area contributed by atoms with E-state index in [4.69, 9.17) is 21.3 Å². The lowest BCUT2D eigenvalue weighted by Gasteiger charge is -2.14. The van der Waals surface area contributed by atoms with E-state index in [0.29, 0.717) is 28.1 Å². The highest BCUT2D eigenvalue weighted by Crippen LogP contribution is 2.34. The Morgan fingerprint density at radius 2 is 1.79 bits per heavy atom. The van der Waals surface area contributed by atoms with E-state index in [9.17, 15) is 19.6 Å². The summed E-state index contributed by atoms with van der Waals surface area (Å²) in [4.78, 5) is 30.6. The summed E-state index contributed by atoms with van der Waals surface area (Å²) in [6.45, 7) is 2.19. The van der Waals surface area contributed by atoms with Gasteiger partial charge in [0.05, 0.1) is 24.9 Å². The van der Waals surface area contributed by atoms with Gasteiger partial charge in [-0.05, 0) is 54.9 Å². The molecule has 0 radical (unpaired) electrons. The number of hydrogen-bond acceptors (Lipinski definition) is 8. The van der Waals surface area contributed by atoms with E-state index >= 15 is 0 Å². The predicted octanol–water partition coefficient (Wildman–Crippen LogP) is 1.75. The third-order valence-electron chi connectivity index (χ3n) is 6.81. The zero-order valence-corrected chi connectivity index (χ0v) is 23.7. The van der Waals surface area contributed by atoms with Crippen LogP contribution in [-0.4, -0.2) is 69.7 Å². The molecule has 2 heterocycles. The second-order valence-electron chi connectivity index (χ2n) is 9.63. The summed E-state index contributed by atoms with van der Waals surface area (Å²) in [6, 6.07) is 18.4. The highest BCUT2D eigenvalue weighted by Gasteiger charge is 2.30. The quantitative estimate of drug-likeness (QED) is 0.172. The summed E-state index contributed by atoms with van der Waals surface area (Å²) in [7, 11) is -0.0765. The van der Waals surface area contributed by atoms with Crippen LogP contribution in [-0.2, 0) is 4.79 Å². The Kier molecular flexibility index (Phi) is 8.67. The Morgan fingerprint density at radius 3 is 2.52 bits per heavy atom. The second kappa shape index (κ2) is 12.6. The number of nitrogens with zero attached hydrogens (tertiary/aromatic N) is 4. The van der Waals surface area contributed by atoms with E-state index in [1.165, 1.54) is 12.1 Å². The molecule has 1 unspecified atom stereocenters. The number of halogens is 1. The molecule has 13 heteroatoms. The van der Waals surface area contributed by atoms with Crippen molar-refractivity contribution in [3.63, 3.8) is 0 Å². The second-order valence-corrected chi connectivity index (χ2v) is 10.1. The van der Waals surface area contributed by atoms with Gasteiger partial charge in [0.2, 0.25) is 5.91 Å². The van der Waals surface area contributed by atoms with Crippen LogP contribution in [0.2, 0.25) is 5.02 Å². The van der Waals surface area contributed by atoms with Crippen LogP contribution in [0.4, 0.5) is 0 Å². The SMILES string of the molecule is COc1ccc2c(c1)C(c1ccc(Cl)cc1)=NC(CC(=O)NCCNC(=O)c1cccc(B(O)O)c1)c1nnc(C)n1-2. The van der Waals surface area contributed by atoms with E-state index in [0.717, 1.165) is 16.8 Å². The number of carbonyl (C=O) groups excluding carboxylic acids is 2. The van der Waals surface area contributed by atoms with Crippen LogP contribution >= 0.6 is 11.6 Å². The van der Waals surface area contributed by atoms with Gasteiger partial charge in [0.15, 0.2) is 5.82 Å². The number of rotatable bonds is 9. The highest BCUT2D eigenvalue weighted by atomic mass is 35.5. The minimum Gasteiger partial charge on any atom is -0.497 e. The van der Waals surface area contributed by atoms with E-state index < -0.39 is 19.1 Å². The van der Waals surface area contributed by atoms with Crippen LogP contribution in [0.15, 0.2) is 71.7 Å². The number of benzene rings is 3. The molecule has 11 nitrogen and oxygen atoms in total. The fraction of sp³-hybridized carbons (Fsp3) is 0.207. The number of aromatic nitrogens is 3. The summed E-state index contributed by atoms with van der Waals surface area (Å²) in [5.74, 6) is 1.14. The molecule has 0 spiro atoms. The maximum atomic E-state index is 13.1. The molecular weight excluding hydrogens is 559 g/mol. The van der Waals surface area contributed by atoms with Crippen LogP contribution in [0.1, 0.15) is 45.6 Å². The molecule has 5 rings (SSSR count). The zero-order valence-electron chi connectivity index (χ0n) is 22.9. The van der Waals surface area contributed by atoms with Gasteiger partial charge in [-0.15, -0.1) is 10.2 Å². The molecule has 0 bridgehead atoms. The Hall–Kier alpha value is -4.52. The Morgan fingerprint density at radius 1 is 1.02 bits per heavy atom. The van der Waals surface area contributed by atoms with Crippen LogP contribution in [0.5, 0.6) is 5.75 Å². The molecule has 1 atom stereocenters. The molecule has 0 saturated heterocycles. The van der Waals surface area contributed by atoms with Crippen LogP contribution < -0.4 is 20.8 Å². The topological polar surface area (TPSA) is 151 Å². The third kappa shape index (κ3) is 6.20. The molecule has 1 aliphatic heterocycles. The number of ether oxygens (including phenoxy) is 1. The number of aryl methyl sites for hydroxylation is 1. The molecule has 3 aromatic carbocycles. The molecule has 4 aromatic rings. The van der Waals surface area contributed by atoms with Gasteiger partial charge in [-0.25, -0.2) is 0 Å². The fourth-order valence-electron chi connectivity index (χ4n) is 4.75. The first-order chi connectivity index (χ1) is 20.2. The molecule has 42 heavy (non-hydrogen) atoms. The van der Waals surface area contributed by atoms with Crippen molar-refractivity contribution in [3.8, 4) is 11.4 Å². The molecular formula is C29H28BClN6O5. The van der Waals surface area contributed by atoms with E-state index in [1.54, 1.807) is 31.4 Å². The first kappa shape index (κ1) is 29.0. The smallest absolute Gasteiger partial charge is 0.488 e. The summed E-state index contributed by atoms with van der Waals surface area (Å²) in [6.07, 6.45) is -0.00920. The molecule has 1 aromatic heterocycles. The average molecular weight is 587 g/mol. The standard InChI is InChI=1S/C29H28BClN6O5/c1-17-35-36-28-24(16-26(38)32-12-13-33-29(39)19-4-3-5-20(14-19)30(40)41)34-27(18-6-8-21(31)9-7-18)23-15-22(42-2)10-11-25(23)37(17)28/h3-11,14-15,24,40-41H,12-13,16H2,1-2H3,(H,32,38)(H,33,39). The average Bonchev–Trinajstić information content (AvgIpc) is 3.32. The van der Waals surface area contributed by atoms with Crippen LogP contribution in [0.3, 0.4) is 0 Å². The normalized spacial score (nSPS) is 13.7. The van der Waals surface area contributed by atoms with E-state index in [1.807, 2.05) is 41.8 Å². The Labute approximate surface area is 247 Å². The van der Waals surface area contributed by atoms with Gasteiger partial charge in [0, 0.05) is 34.8 Å². The number of aliphatic imine (C=N–C) groups is 1. The Balaban J connectivity index is 1.35. The van der Waals surface area contributed by atoms with Crippen molar-refractivity contribution in [1.29, 1.82) is 0 Å². The van der Waals surface area contributed by atoms with Gasteiger partial charge >= 0.3 is 7.12 Å². The fourth-order valence-corrected chi connectivity index (χ4v) is 4.87. The molecule has 0 aliphatic carbocycles. The van der Waals surface area contributed by atoms with Gasteiger partial charge < -0.3 is 25.4 Å². The first-order valence-corrected chi connectivity index (χ1v) is 13.6. The lowest BCUT2D eigenvalue weighted by molar-refractivity contribution is -0.121. The number of methoxy groups -OCH3 is 1. The summed E-state index contributed by atoms with van der Waals surface area (Å²) in [5, 5.41) is 33.5. The Bertz CT molecular complexity index is 1660. The summed E-state index contributed by atoms with van der Waals surface area (Å²) >= 11 is 6.16. The third-order valence-corrected chi connectivity index (χ3v) is 7.06. The van der Waals surface area contributed by atoms with Crippen molar-refractivity contribution >= 4 is 41.7 Å². The van der Waals surface area contributed by atoms with Crippen LogP contribution in [0, 0.1) is 6.92 Å². The maximum Gasteiger partial charge on any atom is 0.488 e. The minimum absolute atomic E-state index is 0.00920. The van der Waals surface area contributed by atoms with Gasteiger partial charge in [-0.3, -0.25) is 19.1 Å². The molecule has 4 N–H and O–H groups in total. The maximum absolute atomic E-state index is 13.1. The molecule has 2 amide bonds. The predicted molar refractivity (Wildman–Crippen MR) is 159 cm³/mol. The van der Waals surface area contributed by atoms with Crippen molar-refractivity contribution in [2.75, 3.05) is 20.2 Å². The highest BCUT2D eigenvalue weighted by molar-refractivity contribution is 6.58. The lowest BCUT2D eigenvalue weighted by atomic mass is 9.79. The number of hydrogen-bond donors (Lipinski definition) is 4. The van der Waals surface area contributed by atoms with Crippen molar-refractivity contribution in [1.82, 2.24) is 25.4 Å². The van der Waals surface area contributed by atoms with Gasteiger partial charge in [-0.1, -0.05) is 35.9 Å². The van der Waals surface area contributed by atoms with Crippen molar-refractivity contribution in [2.24, 2.45) is 4.99 Å². The molecule has 0 saturated carbocycles. The van der Waals surface area contributed by atoms with Crippen molar-refractivity contribution < 1.29 is 24.4 Å². The van der Waals surface area contributed by atoms with Gasteiger partial charge in [0.25, 0.3) is 5.91 Å². The molecule has 214 valence electrons. The number of fused-ring (bicyclic) bond motifs is 3. The minimum atomic E-state index is -1.67. The molecule has 0 fully saturated rings. The van der Waals surface area contributed by atoms with Crippen molar-refractivity contribution in [3.05, 3.63) is 100 Å². The summed E-state index contributed by atoms with van der Waals surface area (Å²) in [5.41, 5.74) is 3.57. The lowest BCUT2D eigenvalue weighted by Crippen LogP contribution is -2.36. The zero-order chi connectivity index (χ0) is 29.8. The first-order valence-electron chi connectivity index (χ1n) is 13.2. The number of carbonyl (C=O) groups is 2. The number of nitrogens with one attached hydrogen (secondary N) is 2. The largest absolute Gasteiger partial charge is 0.497 e. The number of amides is 2. The van der Waals surface area contributed by atoms with Crippen molar-refractivity contribution in [2.45, 2.75) is 19.4 Å². The molecule has 1 aliphatic rings. The van der Waals surface area contributed by atoms with E-state index in [-0.39, 0.29) is 36.4 Å². The van der Waals surface area contributed by atoms with Gasteiger partial charge in [-0.2, -0.15) is 0 Å². The van der Waals surface area contributed by atoms with E-state index in [2.05, 4.69) is 20.8 Å².